The first-order valence-corrected chi connectivity index (χ1v) is 10.5. The van der Waals surface area contributed by atoms with E-state index in [1.165, 1.54) is 49.2 Å². The van der Waals surface area contributed by atoms with Gasteiger partial charge in [-0.25, -0.2) is 4.79 Å². The monoisotopic (exact) mass is 399 g/mol. The number of benzene rings is 1. The largest absolute Gasteiger partial charge is 0.453 e. The van der Waals surface area contributed by atoms with Crippen molar-refractivity contribution in [3.8, 4) is 0 Å². The lowest BCUT2D eigenvalue weighted by molar-refractivity contribution is -0.116. The van der Waals surface area contributed by atoms with Gasteiger partial charge in [-0.3, -0.25) is 15.0 Å². The molecule has 28 heavy (non-hydrogen) atoms. The van der Waals surface area contributed by atoms with Crippen molar-refractivity contribution < 1.29 is 14.3 Å². The first-order valence-electron chi connectivity index (χ1n) is 9.72. The van der Waals surface area contributed by atoms with Crippen molar-refractivity contribution in [3.63, 3.8) is 0 Å². The zero-order valence-corrected chi connectivity index (χ0v) is 16.8. The van der Waals surface area contributed by atoms with E-state index in [4.69, 9.17) is 0 Å². The van der Waals surface area contributed by atoms with Gasteiger partial charge >= 0.3 is 6.09 Å². The van der Waals surface area contributed by atoms with Crippen LogP contribution in [0.3, 0.4) is 0 Å². The molecule has 1 unspecified atom stereocenters. The van der Waals surface area contributed by atoms with Gasteiger partial charge in [0.25, 0.3) is 0 Å². The van der Waals surface area contributed by atoms with Gasteiger partial charge in [-0.1, -0.05) is 12.5 Å². The maximum atomic E-state index is 12.3. The molecule has 0 spiro atoms. The molecule has 148 valence electrons. The number of methoxy groups -OCH3 is 1. The minimum atomic E-state index is -0.528. The zero-order valence-electron chi connectivity index (χ0n) is 16.0. The summed E-state index contributed by atoms with van der Waals surface area (Å²) in [6.07, 6.45) is 3.83. The second kappa shape index (κ2) is 8.32. The van der Waals surface area contributed by atoms with E-state index in [-0.39, 0.29) is 11.8 Å². The van der Waals surface area contributed by atoms with E-state index in [0.29, 0.717) is 12.1 Å². The highest BCUT2D eigenvalue weighted by atomic mass is 32.1. The number of hydrogen-bond donors (Lipinski definition) is 2. The molecule has 4 rings (SSSR count). The Morgan fingerprint density at radius 2 is 2.07 bits per heavy atom. The fraction of sp³-hybridized carbons (Fsp3) is 0.429. The van der Waals surface area contributed by atoms with Crippen LogP contribution in [0.25, 0.3) is 0 Å². The van der Waals surface area contributed by atoms with Crippen LogP contribution in [-0.4, -0.2) is 37.1 Å². The Balaban J connectivity index is 1.54. The topological polar surface area (TPSA) is 70.7 Å². The van der Waals surface area contributed by atoms with Gasteiger partial charge in [0.2, 0.25) is 5.91 Å². The highest BCUT2D eigenvalue weighted by Gasteiger charge is 2.28. The number of amides is 2. The lowest BCUT2D eigenvalue weighted by Crippen LogP contribution is -2.28. The molecule has 2 aromatic rings. The second-order valence-electron chi connectivity index (χ2n) is 7.36. The SMILES string of the molecule is COC(=O)Nc1ccc2c(c1)NC(=O)CC2c1ccc(CN2CCCCC2)s1. The Morgan fingerprint density at radius 1 is 1.25 bits per heavy atom. The van der Waals surface area contributed by atoms with Gasteiger partial charge in [0.15, 0.2) is 0 Å². The summed E-state index contributed by atoms with van der Waals surface area (Å²) in [5.41, 5.74) is 2.44. The summed E-state index contributed by atoms with van der Waals surface area (Å²) in [4.78, 5) is 28.8. The normalized spacial score (nSPS) is 19.6. The fourth-order valence-corrected chi connectivity index (χ4v) is 5.14. The number of piperidine rings is 1. The molecule has 1 saturated heterocycles. The number of nitrogens with one attached hydrogen (secondary N) is 2. The minimum Gasteiger partial charge on any atom is -0.453 e. The summed E-state index contributed by atoms with van der Waals surface area (Å²) in [5.74, 6) is 0.0507. The van der Waals surface area contributed by atoms with Gasteiger partial charge < -0.3 is 10.1 Å². The highest BCUT2D eigenvalue weighted by molar-refractivity contribution is 7.12. The van der Waals surface area contributed by atoms with Crippen molar-refractivity contribution in [2.24, 2.45) is 0 Å². The quantitative estimate of drug-likeness (QED) is 0.800. The van der Waals surface area contributed by atoms with E-state index in [0.717, 1.165) is 17.8 Å². The Bertz CT molecular complexity index is 874. The van der Waals surface area contributed by atoms with Gasteiger partial charge in [0.1, 0.15) is 0 Å². The molecule has 6 nitrogen and oxygen atoms in total. The van der Waals surface area contributed by atoms with E-state index >= 15 is 0 Å². The molecule has 0 aliphatic carbocycles. The van der Waals surface area contributed by atoms with Crippen molar-refractivity contribution in [2.45, 2.75) is 38.1 Å². The molecular weight excluding hydrogens is 374 g/mol. The third-order valence-corrected chi connectivity index (χ3v) is 6.56. The van der Waals surface area contributed by atoms with Crippen LogP contribution in [0.4, 0.5) is 16.2 Å². The first-order chi connectivity index (χ1) is 13.6. The predicted octanol–water partition coefficient (Wildman–Crippen LogP) is 4.39. The maximum absolute atomic E-state index is 12.3. The number of carbonyl (C=O) groups is 2. The van der Waals surface area contributed by atoms with Crippen molar-refractivity contribution >= 4 is 34.7 Å². The Kier molecular flexibility index (Phi) is 5.64. The summed E-state index contributed by atoms with van der Waals surface area (Å²) in [6.45, 7) is 3.36. The standard InChI is InChI=1S/C21H25N3O3S/c1-27-21(26)22-14-5-7-16-17(12-20(25)23-18(16)11-14)19-8-6-15(28-19)13-24-9-3-2-4-10-24/h5-8,11,17H,2-4,9-10,12-13H2,1H3,(H,22,26)(H,23,25). The summed E-state index contributed by atoms with van der Waals surface area (Å²) in [6, 6.07) is 9.99. The number of carbonyl (C=O) groups excluding carboxylic acids is 2. The molecule has 2 N–H and O–H groups in total. The molecule has 1 aromatic heterocycles. The van der Waals surface area contributed by atoms with Crippen LogP contribution in [0.2, 0.25) is 0 Å². The molecule has 0 bridgehead atoms. The molecule has 2 aliphatic rings. The molecule has 2 amide bonds. The van der Waals surface area contributed by atoms with E-state index in [1.807, 2.05) is 12.1 Å². The molecule has 1 atom stereocenters. The second-order valence-corrected chi connectivity index (χ2v) is 8.56. The van der Waals surface area contributed by atoms with Gasteiger partial charge in [0.05, 0.1) is 7.11 Å². The Hall–Kier alpha value is -2.38. The minimum absolute atomic E-state index is 0.00121. The smallest absolute Gasteiger partial charge is 0.411 e. The number of fused-ring (bicyclic) bond motifs is 1. The molecule has 2 aliphatic heterocycles. The van der Waals surface area contributed by atoms with Crippen LogP contribution in [-0.2, 0) is 16.1 Å². The lowest BCUT2D eigenvalue weighted by Gasteiger charge is -2.26. The summed E-state index contributed by atoms with van der Waals surface area (Å²) < 4.78 is 4.64. The Morgan fingerprint density at radius 3 is 2.86 bits per heavy atom. The number of hydrogen-bond acceptors (Lipinski definition) is 5. The van der Waals surface area contributed by atoms with Crippen LogP contribution >= 0.6 is 11.3 Å². The van der Waals surface area contributed by atoms with Crippen molar-refractivity contribution in [3.05, 3.63) is 45.6 Å². The molecule has 3 heterocycles. The van der Waals surface area contributed by atoms with E-state index < -0.39 is 6.09 Å². The van der Waals surface area contributed by atoms with Gasteiger partial charge in [0, 0.05) is 40.0 Å². The Labute approximate surface area is 168 Å². The molecule has 7 heteroatoms. The first kappa shape index (κ1) is 19.0. The average Bonchev–Trinajstić information content (AvgIpc) is 3.16. The van der Waals surface area contributed by atoms with Gasteiger partial charge in [-0.15, -0.1) is 11.3 Å². The van der Waals surface area contributed by atoms with E-state index in [9.17, 15) is 9.59 Å². The number of nitrogens with zero attached hydrogens (tertiary/aromatic N) is 1. The molecule has 1 fully saturated rings. The third-order valence-electron chi connectivity index (χ3n) is 5.38. The zero-order chi connectivity index (χ0) is 19.5. The third kappa shape index (κ3) is 4.20. The van der Waals surface area contributed by atoms with Crippen molar-refractivity contribution in [1.29, 1.82) is 0 Å². The number of ether oxygens (including phenoxy) is 1. The van der Waals surface area contributed by atoms with Crippen LogP contribution < -0.4 is 10.6 Å². The average molecular weight is 400 g/mol. The molecule has 0 saturated carbocycles. The summed E-state index contributed by atoms with van der Waals surface area (Å²) in [7, 11) is 1.32. The number of thiophene rings is 1. The van der Waals surface area contributed by atoms with Crippen LogP contribution in [0.15, 0.2) is 30.3 Å². The van der Waals surface area contributed by atoms with E-state index in [2.05, 4.69) is 32.4 Å². The van der Waals surface area contributed by atoms with Crippen LogP contribution in [0.5, 0.6) is 0 Å². The number of anilines is 2. The van der Waals surface area contributed by atoms with Crippen molar-refractivity contribution in [2.75, 3.05) is 30.8 Å². The lowest BCUT2D eigenvalue weighted by atomic mass is 9.89. The van der Waals surface area contributed by atoms with Crippen molar-refractivity contribution in [1.82, 2.24) is 4.90 Å². The van der Waals surface area contributed by atoms with Gasteiger partial charge in [-0.05, 0) is 55.8 Å². The summed E-state index contributed by atoms with van der Waals surface area (Å²) >= 11 is 1.81. The molecule has 0 radical (unpaired) electrons. The van der Waals surface area contributed by atoms with Crippen LogP contribution in [0.1, 0.15) is 46.9 Å². The maximum Gasteiger partial charge on any atom is 0.411 e. The number of rotatable bonds is 4. The van der Waals surface area contributed by atoms with Crippen LogP contribution in [0, 0.1) is 0 Å². The highest BCUT2D eigenvalue weighted by Crippen LogP contribution is 2.41. The molecular formula is C21H25N3O3S. The predicted molar refractivity (Wildman–Crippen MR) is 111 cm³/mol. The fourth-order valence-electron chi connectivity index (χ4n) is 3.97. The van der Waals surface area contributed by atoms with E-state index in [1.54, 1.807) is 17.4 Å². The van der Waals surface area contributed by atoms with Gasteiger partial charge in [-0.2, -0.15) is 0 Å². The molecule has 1 aromatic carbocycles. The number of likely N-dealkylation sites (tertiary alicyclic amines) is 1. The summed E-state index contributed by atoms with van der Waals surface area (Å²) in [5, 5.41) is 5.57.